The highest BCUT2D eigenvalue weighted by Crippen LogP contribution is 2.29. The van der Waals surface area contributed by atoms with Gasteiger partial charge in [0.25, 0.3) is 5.91 Å². The SMILES string of the molecule is CN(C)c1ccnc(C#N)n1.CN(C)c1ccnc(CN)n1.CN(C)c1ccnc(CNC(=O)c2nc(-c3ccc(=O)n(C)c3)c(-c3ncco3)nc2N)n1.N#Cc1nccc(Br)n1. The van der Waals surface area contributed by atoms with Crippen LogP contribution in [0.2, 0.25) is 0 Å². The number of nitrogen functional groups attached to an aromatic ring is 1. The summed E-state index contributed by atoms with van der Waals surface area (Å²) in [7, 11) is 12.9. The molecule has 0 atom stereocenters. The van der Waals surface area contributed by atoms with Crippen LogP contribution in [0.1, 0.15) is 33.8 Å². The fourth-order valence-corrected chi connectivity index (χ4v) is 5.07. The number of hydrogen-bond donors (Lipinski definition) is 3. The van der Waals surface area contributed by atoms with E-state index in [1.54, 1.807) is 56.1 Å². The van der Waals surface area contributed by atoms with Gasteiger partial charge in [0.05, 0.1) is 19.3 Å². The highest BCUT2D eigenvalue weighted by atomic mass is 79.9. The summed E-state index contributed by atoms with van der Waals surface area (Å²) >= 11 is 3.10. The summed E-state index contributed by atoms with van der Waals surface area (Å²) in [6, 6.07) is 13.7. The van der Waals surface area contributed by atoms with E-state index in [0.717, 1.165) is 11.6 Å². The molecule has 0 spiro atoms. The van der Waals surface area contributed by atoms with Gasteiger partial charge in [0.1, 0.15) is 57.8 Å². The molecule has 64 heavy (non-hydrogen) atoms. The molecule has 7 heterocycles. The van der Waals surface area contributed by atoms with Crippen LogP contribution in [0.3, 0.4) is 0 Å². The smallest absolute Gasteiger partial charge is 0.274 e. The Hall–Kier alpha value is -8.35. The van der Waals surface area contributed by atoms with Crippen LogP contribution < -0.4 is 37.0 Å². The number of aromatic nitrogens is 12. The molecule has 23 nitrogen and oxygen atoms in total. The second-order valence-corrected chi connectivity index (χ2v) is 14.1. The first-order valence-corrected chi connectivity index (χ1v) is 19.4. The second kappa shape index (κ2) is 23.6. The number of nitriles is 2. The molecule has 0 radical (unpaired) electrons. The first-order valence-electron chi connectivity index (χ1n) is 18.6. The molecule has 0 aliphatic carbocycles. The van der Waals surface area contributed by atoms with Crippen molar-refractivity contribution in [1.29, 1.82) is 10.5 Å². The van der Waals surface area contributed by atoms with Crippen LogP contribution in [0, 0.1) is 22.7 Å². The predicted molar refractivity (Wildman–Crippen MR) is 240 cm³/mol. The molecule has 1 amide bonds. The number of hydrogen-bond acceptors (Lipinski definition) is 21. The number of nitrogens with zero attached hydrogens (tertiary/aromatic N) is 17. The minimum absolute atomic E-state index is 0.0678. The van der Waals surface area contributed by atoms with Crippen LogP contribution in [-0.2, 0) is 20.1 Å². The standard InChI is InChI=1S/C21H21N9O3.C7H12N4.C7H8N4.C5H2BrN3/c1-29(2)14-6-7-23-13(26-14)10-25-20(32)18-19(22)28-17(21-24-8-9-33-21)16(27-18)12-4-5-15(31)30(3)11-12;2*1-11(2)7-3-4-9-6(5-8)10-7;6-4-1-2-8-5(3-7)9-4/h4-9,11H,10H2,1-3H3,(H2,22,28)(H,25,32);3-4H,5,8H2,1-2H3;3-4H,1-2H3;1-2H. The van der Waals surface area contributed by atoms with Gasteiger partial charge in [0, 0.05) is 91.9 Å². The van der Waals surface area contributed by atoms with E-state index in [9.17, 15) is 9.59 Å². The van der Waals surface area contributed by atoms with Crippen molar-refractivity contribution in [1.82, 2.24) is 64.7 Å². The topological polar surface area (TPSA) is 315 Å². The zero-order valence-electron chi connectivity index (χ0n) is 35.8. The van der Waals surface area contributed by atoms with Crippen molar-refractivity contribution in [2.24, 2.45) is 12.8 Å². The second-order valence-electron chi connectivity index (χ2n) is 13.3. The Labute approximate surface area is 375 Å². The third-order valence-corrected chi connectivity index (χ3v) is 8.38. The third-order valence-electron chi connectivity index (χ3n) is 7.94. The minimum atomic E-state index is -0.552. The number of pyridine rings is 1. The largest absolute Gasteiger partial charge is 0.443 e. The summed E-state index contributed by atoms with van der Waals surface area (Å²) in [5.41, 5.74) is 12.2. The highest BCUT2D eigenvalue weighted by Gasteiger charge is 2.22. The summed E-state index contributed by atoms with van der Waals surface area (Å²) in [4.78, 5) is 75.0. The summed E-state index contributed by atoms with van der Waals surface area (Å²) in [6.45, 7) is 0.458. The number of aryl methyl sites for hydroxylation is 1. The molecule has 0 aliphatic rings. The van der Waals surface area contributed by atoms with E-state index in [2.05, 4.69) is 76.1 Å². The molecule has 328 valence electrons. The Morgan fingerprint density at radius 3 is 1.83 bits per heavy atom. The molecule has 0 aliphatic heterocycles. The summed E-state index contributed by atoms with van der Waals surface area (Å²) < 4.78 is 7.39. The van der Waals surface area contributed by atoms with E-state index in [1.165, 1.54) is 29.3 Å². The average molecular weight is 932 g/mol. The van der Waals surface area contributed by atoms with E-state index in [1.807, 2.05) is 75.2 Å². The van der Waals surface area contributed by atoms with Gasteiger partial charge in [-0.3, -0.25) is 9.59 Å². The molecule has 0 saturated heterocycles. The highest BCUT2D eigenvalue weighted by molar-refractivity contribution is 9.10. The van der Waals surface area contributed by atoms with E-state index >= 15 is 0 Å². The Morgan fingerprint density at radius 2 is 1.30 bits per heavy atom. The van der Waals surface area contributed by atoms with Crippen molar-refractivity contribution in [3.05, 3.63) is 124 Å². The normalized spacial score (nSPS) is 9.92. The van der Waals surface area contributed by atoms with E-state index in [4.69, 9.17) is 26.4 Å². The first-order chi connectivity index (χ1) is 30.6. The average Bonchev–Trinajstić information content (AvgIpc) is 3.85. The molecule has 7 aromatic heterocycles. The zero-order chi connectivity index (χ0) is 46.8. The maximum absolute atomic E-state index is 12.9. The van der Waals surface area contributed by atoms with Gasteiger partial charge in [-0.25, -0.2) is 54.8 Å². The van der Waals surface area contributed by atoms with Gasteiger partial charge in [-0.05, 0) is 46.3 Å². The lowest BCUT2D eigenvalue weighted by Gasteiger charge is -2.13. The number of nitrogens with two attached hydrogens (primary N) is 2. The molecule has 24 heteroatoms. The molecule has 0 saturated carbocycles. The number of nitrogens with one attached hydrogen (secondary N) is 1. The monoisotopic (exact) mass is 930 g/mol. The van der Waals surface area contributed by atoms with E-state index in [-0.39, 0.29) is 46.8 Å². The van der Waals surface area contributed by atoms with Gasteiger partial charge < -0.3 is 40.5 Å². The number of oxazole rings is 1. The summed E-state index contributed by atoms with van der Waals surface area (Å²) in [5, 5.41) is 19.4. The van der Waals surface area contributed by atoms with Crippen molar-refractivity contribution in [3.63, 3.8) is 0 Å². The Morgan fingerprint density at radius 1 is 0.734 bits per heavy atom. The third kappa shape index (κ3) is 14.1. The lowest BCUT2D eigenvalue weighted by Crippen LogP contribution is -2.27. The molecular formula is C40H43BrN20O3. The number of carbonyl (C=O) groups is 1. The van der Waals surface area contributed by atoms with Crippen molar-refractivity contribution in [2.75, 3.05) is 62.7 Å². The van der Waals surface area contributed by atoms with E-state index < -0.39 is 5.91 Å². The number of carbonyl (C=O) groups excluding carboxylic acids is 1. The Balaban J connectivity index is 0.000000233. The Kier molecular flexibility index (Phi) is 17.8. The molecule has 5 N–H and O–H groups in total. The van der Waals surface area contributed by atoms with Crippen LogP contribution in [0.5, 0.6) is 0 Å². The van der Waals surface area contributed by atoms with Crippen molar-refractivity contribution in [3.8, 4) is 35.0 Å². The number of anilines is 4. The fourth-order valence-electron chi connectivity index (χ4n) is 4.78. The molecule has 0 fully saturated rings. The molecular weight excluding hydrogens is 888 g/mol. The first kappa shape index (κ1) is 48.3. The molecule has 7 rings (SSSR count). The number of halogens is 1. The van der Waals surface area contributed by atoms with Gasteiger partial charge >= 0.3 is 0 Å². The number of rotatable bonds is 9. The maximum Gasteiger partial charge on any atom is 0.274 e. The van der Waals surface area contributed by atoms with Gasteiger partial charge in [-0.15, -0.1) is 0 Å². The fraction of sp³-hybridized carbons (Fsp3) is 0.225. The molecule has 0 bridgehead atoms. The van der Waals surface area contributed by atoms with Crippen molar-refractivity contribution >= 4 is 45.1 Å². The van der Waals surface area contributed by atoms with Gasteiger partial charge in [0.15, 0.2) is 17.2 Å². The minimum Gasteiger partial charge on any atom is -0.443 e. The lowest BCUT2D eigenvalue weighted by molar-refractivity contribution is 0.0945. The maximum atomic E-state index is 12.9. The molecule has 0 unspecified atom stereocenters. The molecule has 0 aromatic carbocycles. The zero-order valence-corrected chi connectivity index (χ0v) is 37.4. The van der Waals surface area contributed by atoms with Crippen LogP contribution in [-0.4, -0.2) is 108 Å². The number of amides is 1. The van der Waals surface area contributed by atoms with Gasteiger partial charge in [-0.1, -0.05) is 0 Å². The van der Waals surface area contributed by atoms with Crippen molar-refractivity contribution in [2.45, 2.75) is 13.1 Å². The van der Waals surface area contributed by atoms with Crippen LogP contribution in [0.15, 0.2) is 93.7 Å². The van der Waals surface area contributed by atoms with Crippen molar-refractivity contribution < 1.29 is 9.21 Å². The summed E-state index contributed by atoms with van der Waals surface area (Å²) in [6.07, 6.45) is 10.8. The predicted octanol–water partition coefficient (Wildman–Crippen LogP) is 2.39. The molecule has 7 aromatic rings. The van der Waals surface area contributed by atoms with Crippen LogP contribution in [0.25, 0.3) is 22.8 Å². The quantitative estimate of drug-likeness (QED) is 0.175. The van der Waals surface area contributed by atoms with Gasteiger partial charge in [0.2, 0.25) is 23.1 Å². The van der Waals surface area contributed by atoms with Crippen LogP contribution in [0.4, 0.5) is 23.3 Å². The summed E-state index contributed by atoms with van der Waals surface area (Å²) in [5.74, 6) is 3.37. The van der Waals surface area contributed by atoms with E-state index in [0.29, 0.717) is 39.9 Å². The Bertz CT molecular complexity index is 2790. The van der Waals surface area contributed by atoms with Crippen LogP contribution >= 0.6 is 15.9 Å². The lowest BCUT2D eigenvalue weighted by atomic mass is 10.1. The van der Waals surface area contributed by atoms with Gasteiger partial charge in [-0.2, -0.15) is 10.5 Å².